The zero-order valence-corrected chi connectivity index (χ0v) is 19.8. The third-order valence-corrected chi connectivity index (χ3v) is 8.81. The highest BCUT2D eigenvalue weighted by Crippen LogP contribution is 2.45. The maximum atomic E-state index is 14.7. The van der Waals surface area contributed by atoms with Gasteiger partial charge in [-0.2, -0.15) is 13.8 Å². The van der Waals surface area contributed by atoms with E-state index < -0.39 is 33.7 Å². The van der Waals surface area contributed by atoms with Gasteiger partial charge in [0.05, 0.1) is 28.7 Å². The van der Waals surface area contributed by atoms with Crippen LogP contribution in [0.3, 0.4) is 0 Å². The summed E-state index contributed by atoms with van der Waals surface area (Å²) < 4.78 is 42.0. The van der Waals surface area contributed by atoms with Crippen LogP contribution in [0.5, 0.6) is 0 Å². The lowest BCUT2D eigenvalue weighted by atomic mass is 9.77. The van der Waals surface area contributed by atoms with Crippen molar-refractivity contribution in [2.24, 2.45) is 0 Å². The summed E-state index contributed by atoms with van der Waals surface area (Å²) in [5, 5.41) is 13.8. The Bertz CT molecular complexity index is 1060. The second-order valence-corrected chi connectivity index (χ2v) is 11.2. The number of alkyl halides is 2. The molecule has 3 heterocycles. The van der Waals surface area contributed by atoms with Crippen molar-refractivity contribution >= 4 is 34.2 Å². The van der Waals surface area contributed by atoms with Crippen molar-refractivity contribution in [1.29, 1.82) is 0 Å². The number of aliphatic hydroxyl groups is 1. The molecule has 178 valence electrons. The van der Waals surface area contributed by atoms with Crippen molar-refractivity contribution in [2.75, 3.05) is 35.7 Å². The van der Waals surface area contributed by atoms with Crippen molar-refractivity contribution in [3.8, 4) is 0 Å². The van der Waals surface area contributed by atoms with Crippen LogP contribution in [0.2, 0.25) is 5.02 Å². The van der Waals surface area contributed by atoms with Crippen LogP contribution < -0.4 is 10.2 Å². The molecule has 2 N–H and O–H groups in total. The molecule has 0 amide bonds. The van der Waals surface area contributed by atoms with Crippen LogP contribution in [0.4, 0.5) is 20.5 Å². The topological polar surface area (TPSA) is 78.4 Å². The highest BCUT2D eigenvalue weighted by Gasteiger charge is 2.49. The second-order valence-electron chi connectivity index (χ2n) is 9.33. The molecule has 6 nitrogen and oxygen atoms in total. The summed E-state index contributed by atoms with van der Waals surface area (Å²) >= 11 is 6.02. The largest absolute Gasteiger partial charge is 0.394 e. The minimum Gasteiger partial charge on any atom is -0.394 e. The molecule has 33 heavy (non-hydrogen) atoms. The van der Waals surface area contributed by atoms with E-state index in [-0.39, 0.29) is 23.3 Å². The third kappa shape index (κ3) is 4.35. The molecule has 1 saturated carbocycles. The van der Waals surface area contributed by atoms with Gasteiger partial charge in [-0.3, -0.25) is 4.21 Å². The smallest absolute Gasteiger partial charge is 0.302 e. The zero-order valence-electron chi connectivity index (χ0n) is 18.2. The van der Waals surface area contributed by atoms with Gasteiger partial charge in [-0.1, -0.05) is 23.7 Å². The number of nitrogens with zero attached hydrogens (tertiary/aromatic N) is 3. The van der Waals surface area contributed by atoms with E-state index in [0.29, 0.717) is 36.9 Å². The zero-order chi connectivity index (χ0) is 23.2. The Morgan fingerprint density at radius 2 is 1.91 bits per heavy atom. The first kappa shape index (κ1) is 22.9. The Balaban J connectivity index is 1.45. The van der Waals surface area contributed by atoms with Gasteiger partial charge < -0.3 is 15.3 Å². The summed E-state index contributed by atoms with van der Waals surface area (Å²) in [5.74, 6) is -3.28. The number of benzene rings is 1. The molecule has 1 aliphatic carbocycles. The average Bonchev–Trinajstić information content (AvgIpc) is 2.91. The molecule has 0 spiro atoms. The molecule has 1 saturated heterocycles. The van der Waals surface area contributed by atoms with E-state index in [1.807, 2.05) is 29.2 Å². The molecule has 2 atom stereocenters. The molecule has 2 aliphatic heterocycles. The summed E-state index contributed by atoms with van der Waals surface area (Å²) in [4.78, 5) is 10.8. The van der Waals surface area contributed by atoms with E-state index in [4.69, 9.17) is 11.6 Å². The molecule has 10 heteroatoms. The standard InChI is InChI=1S/C23H27ClF2N4O2S/c24-17-6-4-16(5-7-17)15-3-1-11-30(12-8-15)21-27-19-18(33(32)14-23(19,25)26)20(28-21)29-22(13-31)9-2-10-22/h4-7,15,31H,1-3,8-14H2,(H,27,28,29). The van der Waals surface area contributed by atoms with Gasteiger partial charge in [0, 0.05) is 18.1 Å². The van der Waals surface area contributed by atoms with Crippen molar-refractivity contribution in [3.05, 3.63) is 40.5 Å². The first-order valence-electron chi connectivity index (χ1n) is 11.4. The second kappa shape index (κ2) is 8.74. The Kier molecular flexibility index (Phi) is 6.07. The molecule has 1 aromatic heterocycles. The normalized spacial score (nSPS) is 25.8. The van der Waals surface area contributed by atoms with Crippen LogP contribution in [0.1, 0.15) is 55.7 Å². The van der Waals surface area contributed by atoms with Crippen LogP contribution in [0.15, 0.2) is 29.2 Å². The lowest BCUT2D eigenvalue weighted by Crippen LogP contribution is -2.48. The minimum atomic E-state index is -3.27. The molecule has 1 aromatic carbocycles. The number of rotatable bonds is 5. The van der Waals surface area contributed by atoms with Crippen molar-refractivity contribution in [2.45, 2.75) is 60.8 Å². The predicted octanol–water partition coefficient (Wildman–Crippen LogP) is 4.44. The van der Waals surface area contributed by atoms with Gasteiger partial charge in [-0.05, 0) is 62.1 Å². The van der Waals surface area contributed by atoms with Gasteiger partial charge in [0.1, 0.15) is 16.4 Å². The van der Waals surface area contributed by atoms with E-state index in [9.17, 15) is 18.1 Å². The summed E-state index contributed by atoms with van der Waals surface area (Å²) in [7, 11) is -1.89. The predicted molar refractivity (Wildman–Crippen MR) is 125 cm³/mol. The lowest BCUT2D eigenvalue weighted by molar-refractivity contribution is 0.0191. The fraction of sp³-hybridized carbons (Fsp3) is 0.565. The molecule has 2 aromatic rings. The summed E-state index contributed by atoms with van der Waals surface area (Å²) in [5.41, 5.74) is 0.175. The molecular formula is C23H27ClF2N4O2S. The number of hydrogen-bond acceptors (Lipinski definition) is 6. The molecule has 5 rings (SSSR count). The van der Waals surface area contributed by atoms with Gasteiger partial charge >= 0.3 is 5.92 Å². The van der Waals surface area contributed by atoms with Crippen molar-refractivity contribution in [3.63, 3.8) is 0 Å². The highest BCUT2D eigenvalue weighted by atomic mass is 35.5. The van der Waals surface area contributed by atoms with E-state index in [2.05, 4.69) is 15.3 Å². The van der Waals surface area contributed by atoms with Crippen LogP contribution in [0, 0.1) is 0 Å². The molecule has 2 fully saturated rings. The van der Waals surface area contributed by atoms with Gasteiger partial charge in [-0.25, -0.2) is 4.98 Å². The molecule has 3 aliphatic rings. The van der Waals surface area contributed by atoms with E-state index >= 15 is 0 Å². The number of nitrogens with one attached hydrogen (secondary N) is 1. The monoisotopic (exact) mass is 496 g/mol. The Morgan fingerprint density at radius 1 is 1.15 bits per heavy atom. The van der Waals surface area contributed by atoms with Gasteiger partial charge in [0.15, 0.2) is 0 Å². The molecule has 0 bridgehead atoms. The fourth-order valence-corrected chi connectivity index (χ4v) is 6.43. The SMILES string of the molecule is O=S1CC(F)(F)c2nc(N3CCCC(c4ccc(Cl)cc4)CC3)nc(NC3(CO)CCC3)c21. The number of aliphatic hydroxyl groups excluding tert-OH is 1. The molecule has 0 radical (unpaired) electrons. The molecule has 2 unspecified atom stereocenters. The lowest BCUT2D eigenvalue weighted by Gasteiger charge is -2.41. The van der Waals surface area contributed by atoms with E-state index in [0.717, 1.165) is 25.7 Å². The first-order valence-corrected chi connectivity index (χ1v) is 13.1. The number of hydrogen-bond donors (Lipinski definition) is 2. The first-order chi connectivity index (χ1) is 15.8. The maximum absolute atomic E-state index is 14.7. The van der Waals surface area contributed by atoms with Crippen LogP contribution in [0.25, 0.3) is 0 Å². The Hall–Kier alpha value is -1.84. The van der Waals surface area contributed by atoms with Crippen LogP contribution in [-0.2, 0) is 16.7 Å². The van der Waals surface area contributed by atoms with Crippen LogP contribution in [-0.4, -0.2) is 50.3 Å². The molecular weight excluding hydrogens is 470 g/mol. The summed E-state index contributed by atoms with van der Waals surface area (Å²) in [6.45, 7) is 1.16. The minimum absolute atomic E-state index is 0.0164. The summed E-state index contributed by atoms with van der Waals surface area (Å²) in [6, 6.07) is 7.86. The highest BCUT2D eigenvalue weighted by molar-refractivity contribution is 7.85. The van der Waals surface area contributed by atoms with Crippen molar-refractivity contribution < 1.29 is 18.1 Å². The third-order valence-electron chi connectivity index (χ3n) is 7.09. The Morgan fingerprint density at radius 3 is 2.58 bits per heavy atom. The van der Waals surface area contributed by atoms with E-state index in [1.54, 1.807) is 0 Å². The number of aromatic nitrogens is 2. The number of fused-ring (bicyclic) bond motifs is 1. The van der Waals surface area contributed by atoms with Crippen molar-refractivity contribution in [1.82, 2.24) is 9.97 Å². The maximum Gasteiger partial charge on any atom is 0.302 e. The quantitative estimate of drug-likeness (QED) is 0.637. The van der Waals surface area contributed by atoms with E-state index in [1.165, 1.54) is 5.56 Å². The average molecular weight is 497 g/mol. The van der Waals surface area contributed by atoms with Gasteiger partial charge in [0.2, 0.25) is 5.95 Å². The van der Waals surface area contributed by atoms with Gasteiger partial charge in [-0.15, -0.1) is 0 Å². The number of anilines is 2. The number of halogens is 3. The Labute approximate surface area is 199 Å². The van der Waals surface area contributed by atoms with Crippen LogP contribution >= 0.6 is 11.6 Å². The van der Waals surface area contributed by atoms with Gasteiger partial charge in [0.25, 0.3) is 0 Å². The fourth-order valence-electron chi connectivity index (χ4n) is 4.98. The summed E-state index contributed by atoms with van der Waals surface area (Å²) in [6.07, 6.45) is 5.06.